The first-order valence-corrected chi connectivity index (χ1v) is 6.72. The van der Waals surface area contributed by atoms with Crippen molar-refractivity contribution < 1.29 is 4.39 Å². The first-order valence-electron chi connectivity index (χ1n) is 6.34. The van der Waals surface area contributed by atoms with Gasteiger partial charge in [0, 0.05) is 12.5 Å². The molecule has 1 unspecified atom stereocenters. The highest BCUT2D eigenvalue weighted by atomic mass is 35.5. The normalized spacial score (nSPS) is 12.4. The number of rotatable bonds is 5. The van der Waals surface area contributed by atoms with Crippen molar-refractivity contribution in [3.63, 3.8) is 0 Å². The summed E-state index contributed by atoms with van der Waals surface area (Å²) < 4.78 is 13.5. The molecule has 0 spiro atoms. The van der Waals surface area contributed by atoms with E-state index < -0.39 is 0 Å². The van der Waals surface area contributed by atoms with Crippen molar-refractivity contribution in [1.82, 2.24) is 5.32 Å². The molecule has 0 aromatic heterocycles. The molecule has 2 rings (SSSR count). The minimum Gasteiger partial charge on any atom is -0.319 e. The smallest absolute Gasteiger partial charge is 0.142 e. The maximum Gasteiger partial charge on any atom is 0.142 e. The van der Waals surface area contributed by atoms with Crippen molar-refractivity contribution in [3.8, 4) is 0 Å². The molecule has 0 radical (unpaired) electrons. The van der Waals surface area contributed by atoms with Gasteiger partial charge in [0.15, 0.2) is 0 Å². The molecule has 1 nitrogen and oxygen atoms in total. The van der Waals surface area contributed by atoms with Gasteiger partial charge in [-0.2, -0.15) is 0 Å². The summed E-state index contributed by atoms with van der Waals surface area (Å²) in [5, 5.41) is 3.42. The lowest BCUT2D eigenvalue weighted by Gasteiger charge is -2.18. The van der Waals surface area contributed by atoms with Crippen molar-refractivity contribution in [2.75, 3.05) is 13.6 Å². The Morgan fingerprint density at radius 1 is 1.11 bits per heavy atom. The largest absolute Gasteiger partial charge is 0.319 e. The highest BCUT2D eigenvalue weighted by molar-refractivity contribution is 6.31. The Balaban J connectivity index is 2.24. The summed E-state index contributed by atoms with van der Waals surface area (Å²) in [6.07, 6.45) is 0.724. The molecule has 0 bridgehead atoms. The predicted octanol–water partition coefficient (Wildman–Crippen LogP) is 4.02. The topological polar surface area (TPSA) is 12.0 Å². The van der Waals surface area contributed by atoms with E-state index in [1.165, 1.54) is 11.6 Å². The van der Waals surface area contributed by atoms with Crippen LogP contribution in [0, 0.1) is 5.82 Å². The molecular weight excluding hydrogens is 261 g/mol. The van der Waals surface area contributed by atoms with Crippen molar-refractivity contribution in [2.24, 2.45) is 0 Å². The Kier molecular flexibility index (Phi) is 4.94. The Morgan fingerprint density at radius 3 is 2.53 bits per heavy atom. The fourth-order valence-electron chi connectivity index (χ4n) is 2.25. The van der Waals surface area contributed by atoms with Gasteiger partial charge in [-0.15, -0.1) is 0 Å². The Labute approximate surface area is 118 Å². The summed E-state index contributed by atoms with van der Waals surface area (Å²) in [7, 11) is 1.92. The number of hydrogen-bond donors (Lipinski definition) is 1. The van der Waals surface area contributed by atoms with Gasteiger partial charge in [-0.25, -0.2) is 4.39 Å². The van der Waals surface area contributed by atoms with Crippen LogP contribution < -0.4 is 5.32 Å². The average Bonchev–Trinajstić information content (AvgIpc) is 2.44. The van der Waals surface area contributed by atoms with Gasteiger partial charge in [-0.05, 0) is 30.7 Å². The van der Waals surface area contributed by atoms with Crippen molar-refractivity contribution in [2.45, 2.75) is 12.3 Å². The van der Waals surface area contributed by atoms with E-state index >= 15 is 0 Å². The summed E-state index contributed by atoms with van der Waals surface area (Å²) in [5.41, 5.74) is 2.09. The molecule has 0 aliphatic rings. The number of hydrogen-bond acceptors (Lipinski definition) is 1. The van der Waals surface area contributed by atoms with Crippen LogP contribution in [-0.4, -0.2) is 13.6 Å². The maximum absolute atomic E-state index is 13.5. The Bertz CT molecular complexity index is 528. The monoisotopic (exact) mass is 277 g/mol. The van der Waals surface area contributed by atoms with E-state index in [-0.39, 0.29) is 16.8 Å². The Hall–Kier alpha value is -1.38. The van der Waals surface area contributed by atoms with Crippen LogP contribution in [0.3, 0.4) is 0 Å². The van der Waals surface area contributed by atoms with E-state index in [2.05, 4.69) is 17.4 Å². The van der Waals surface area contributed by atoms with Crippen LogP contribution in [0.1, 0.15) is 17.0 Å². The summed E-state index contributed by atoms with van der Waals surface area (Å²) in [5.74, 6) is -0.0686. The molecule has 0 saturated heterocycles. The van der Waals surface area contributed by atoms with Gasteiger partial charge < -0.3 is 5.32 Å². The quantitative estimate of drug-likeness (QED) is 0.870. The molecule has 0 amide bonds. The third kappa shape index (κ3) is 3.55. The fraction of sp³-hybridized carbons (Fsp3) is 0.250. The second-order valence-electron chi connectivity index (χ2n) is 4.58. The van der Waals surface area contributed by atoms with E-state index in [1.54, 1.807) is 6.07 Å². The summed E-state index contributed by atoms with van der Waals surface area (Å²) >= 11 is 6.03. The number of benzene rings is 2. The number of halogens is 2. The standard InChI is InChI=1S/C16H17ClFN/c1-19-11-14(12-6-3-2-4-7-12)10-13-8-5-9-15(18)16(13)17/h2-9,14,19H,10-11H2,1H3. The minimum atomic E-state index is -0.351. The molecule has 3 heteroatoms. The second kappa shape index (κ2) is 6.69. The molecule has 2 aromatic carbocycles. The lowest BCUT2D eigenvalue weighted by molar-refractivity contribution is 0.608. The molecule has 0 aliphatic carbocycles. The number of likely N-dealkylation sites (N-methyl/N-ethyl adjacent to an activating group) is 1. The van der Waals surface area contributed by atoms with Crippen molar-refractivity contribution >= 4 is 11.6 Å². The third-order valence-electron chi connectivity index (χ3n) is 3.22. The zero-order valence-corrected chi connectivity index (χ0v) is 11.6. The van der Waals surface area contributed by atoms with Crippen LogP contribution in [0.2, 0.25) is 5.02 Å². The van der Waals surface area contributed by atoms with E-state index in [9.17, 15) is 4.39 Å². The van der Waals surface area contributed by atoms with Gasteiger partial charge in [0.1, 0.15) is 5.82 Å². The molecule has 1 atom stereocenters. The summed E-state index contributed by atoms with van der Waals surface area (Å²) in [4.78, 5) is 0. The molecule has 0 saturated carbocycles. The van der Waals surface area contributed by atoms with Gasteiger partial charge in [0.05, 0.1) is 5.02 Å². The van der Waals surface area contributed by atoms with Gasteiger partial charge >= 0.3 is 0 Å². The van der Waals surface area contributed by atoms with Crippen LogP contribution in [0.25, 0.3) is 0 Å². The number of nitrogens with one attached hydrogen (secondary N) is 1. The molecule has 1 N–H and O–H groups in total. The fourth-order valence-corrected chi connectivity index (χ4v) is 2.45. The van der Waals surface area contributed by atoms with Gasteiger partial charge in [0.2, 0.25) is 0 Å². The van der Waals surface area contributed by atoms with E-state index in [0.717, 1.165) is 18.5 Å². The van der Waals surface area contributed by atoms with Crippen molar-refractivity contribution in [1.29, 1.82) is 0 Å². The van der Waals surface area contributed by atoms with Crippen LogP contribution >= 0.6 is 11.6 Å². The molecule has 19 heavy (non-hydrogen) atoms. The molecular formula is C16H17ClFN. The van der Waals surface area contributed by atoms with Gasteiger partial charge in [0.25, 0.3) is 0 Å². The molecule has 2 aromatic rings. The molecule has 100 valence electrons. The third-order valence-corrected chi connectivity index (χ3v) is 3.64. The van der Waals surface area contributed by atoms with Crippen molar-refractivity contribution in [3.05, 3.63) is 70.5 Å². The van der Waals surface area contributed by atoms with Crippen LogP contribution in [-0.2, 0) is 6.42 Å². The highest BCUT2D eigenvalue weighted by Gasteiger charge is 2.14. The molecule has 0 aliphatic heterocycles. The predicted molar refractivity (Wildman–Crippen MR) is 78.2 cm³/mol. The van der Waals surface area contributed by atoms with Crippen LogP contribution in [0.5, 0.6) is 0 Å². The maximum atomic E-state index is 13.5. The minimum absolute atomic E-state index is 0.236. The Morgan fingerprint density at radius 2 is 1.84 bits per heavy atom. The molecule has 0 fully saturated rings. The second-order valence-corrected chi connectivity index (χ2v) is 4.96. The first-order chi connectivity index (χ1) is 9.22. The van der Waals surface area contributed by atoms with Crippen LogP contribution in [0.15, 0.2) is 48.5 Å². The molecule has 0 heterocycles. The van der Waals surface area contributed by atoms with E-state index in [1.807, 2.05) is 31.3 Å². The lowest BCUT2D eigenvalue weighted by Crippen LogP contribution is -2.19. The zero-order valence-electron chi connectivity index (χ0n) is 10.9. The van der Waals surface area contributed by atoms with E-state index in [0.29, 0.717) is 0 Å². The lowest BCUT2D eigenvalue weighted by atomic mass is 9.92. The highest BCUT2D eigenvalue weighted by Crippen LogP contribution is 2.26. The van der Waals surface area contributed by atoms with E-state index in [4.69, 9.17) is 11.6 Å². The SMILES string of the molecule is CNCC(Cc1cccc(F)c1Cl)c1ccccc1. The first kappa shape index (κ1) is 14.0. The summed E-state index contributed by atoms with van der Waals surface area (Å²) in [6.45, 7) is 0.830. The van der Waals surface area contributed by atoms with Crippen LogP contribution in [0.4, 0.5) is 4.39 Å². The zero-order chi connectivity index (χ0) is 13.7. The van der Waals surface area contributed by atoms with Gasteiger partial charge in [-0.3, -0.25) is 0 Å². The average molecular weight is 278 g/mol. The van der Waals surface area contributed by atoms with Gasteiger partial charge in [-0.1, -0.05) is 54.1 Å². The summed E-state index contributed by atoms with van der Waals surface area (Å²) in [6, 6.07) is 15.2.